The molecule has 0 aliphatic carbocycles. The fourth-order valence-electron chi connectivity index (χ4n) is 2.94. The Morgan fingerprint density at radius 2 is 1.81 bits per heavy atom. The summed E-state index contributed by atoms with van der Waals surface area (Å²) in [6.45, 7) is 0. The maximum Gasteiger partial charge on any atom is 0.269 e. The molecule has 1 aromatic carbocycles. The van der Waals surface area contributed by atoms with Gasteiger partial charge in [-0.3, -0.25) is 9.78 Å². The van der Waals surface area contributed by atoms with E-state index < -0.39 is 0 Å². The Morgan fingerprint density at radius 3 is 2.63 bits per heavy atom. The average molecular weight is 371 g/mol. The van der Waals surface area contributed by atoms with E-state index in [2.05, 4.69) is 19.9 Å². The highest BCUT2D eigenvalue weighted by Crippen LogP contribution is 2.30. The second kappa shape index (κ2) is 6.30. The van der Waals surface area contributed by atoms with Crippen molar-refractivity contribution in [3.63, 3.8) is 0 Å². The number of aromatic nitrogens is 5. The van der Waals surface area contributed by atoms with E-state index in [0.717, 1.165) is 16.9 Å². The van der Waals surface area contributed by atoms with Gasteiger partial charge in [-0.2, -0.15) is 0 Å². The smallest absolute Gasteiger partial charge is 0.269 e. The largest absolute Gasteiger partial charge is 0.306 e. The van der Waals surface area contributed by atoms with E-state index >= 15 is 0 Å². The number of benzene rings is 1. The minimum absolute atomic E-state index is 0.170. The predicted octanol–water partition coefficient (Wildman–Crippen LogP) is 3.90. The SMILES string of the molecule is O=c1[nH]c(-c2cn(-c3ccccc3)cn2)nc2c(-c3ccccn3)csc12. The number of hydrogen-bond acceptors (Lipinski definition) is 5. The first-order chi connectivity index (χ1) is 13.3. The van der Waals surface area contributed by atoms with Crippen LogP contribution in [0.2, 0.25) is 0 Å². The molecule has 5 rings (SSSR count). The Bertz CT molecular complexity index is 1290. The number of fused-ring (bicyclic) bond motifs is 1. The standard InChI is InChI=1S/C20H13N5OS/c26-20-18-17(14(11-27-18)15-8-4-5-9-21-15)23-19(24-20)16-10-25(12-22-16)13-6-2-1-3-7-13/h1-12H,(H,23,24,26). The van der Waals surface area contributed by atoms with E-state index in [1.54, 1.807) is 12.5 Å². The van der Waals surface area contributed by atoms with Crippen LogP contribution in [-0.4, -0.2) is 24.5 Å². The summed E-state index contributed by atoms with van der Waals surface area (Å²) in [5.74, 6) is 0.442. The van der Waals surface area contributed by atoms with E-state index in [0.29, 0.717) is 21.7 Å². The van der Waals surface area contributed by atoms with Gasteiger partial charge in [0.15, 0.2) is 5.82 Å². The molecular weight excluding hydrogens is 358 g/mol. The van der Waals surface area contributed by atoms with Crippen molar-refractivity contribution in [1.29, 1.82) is 0 Å². The number of rotatable bonds is 3. The van der Waals surface area contributed by atoms with Crippen molar-refractivity contribution in [1.82, 2.24) is 24.5 Å². The first-order valence-corrected chi connectivity index (χ1v) is 9.20. The summed E-state index contributed by atoms with van der Waals surface area (Å²) in [6.07, 6.45) is 5.29. The molecule has 0 spiro atoms. The van der Waals surface area contributed by atoms with Gasteiger partial charge in [0.1, 0.15) is 16.7 Å². The van der Waals surface area contributed by atoms with E-state index in [-0.39, 0.29) is 5.56 Å². The van der Waals surface area contributed by atoms with Gasteiger partial charge in [0.25, 0.3) is 5.56 Å². The molecule has 5 aromatic rings. The normalized spacial score (nSPS) is 11.1. The number of para-hydroxylation sites is 1. The van der Waals surface area contributed by atoms with Gasteiger partial charge in [-0.15, -0.1) is 11.3 Å². The lowest BCUT2D eigenvalue weighted by atomic mass is 10.2. The Hall–Kier alpha value is -3.58. The van der Waals surface area contributed by atoms with Crippen LogP contribution in [0.15, 0.2) is 77.4 Å². The quantitative estimate of drug-likeness (QED) is 0.522. The maximum absolute atomic E-state index is 12.6. The first kappa shape index (κ1) is 15.7. The third-order valence-corrected chi connectivity index (χ3v) is 5.21. The Balaban J connectivity index is 1.65. The van der Waals surface area contributed by atoms with Crippen molar-refractivity contribution < 1.29 is 0 Å². The van der Waals surface area contributed by atoms with E-state index in [1.165, 1.54) is 11.3 Å². The zero-order valence-electron chi connectivity index (χ0n) is 14.0. The molecule has 1 N–H and O–H groups in total. The van der Waals surface area contributed by atoms with Crippen LogP contribution in [0.3, 0.4) is 0 Å². The van der Waals surface area contributed by atoms with Crippen LogP contribution in [0, 0.1) is 0 Å². The summed E-state index contributed by atoms with van der Waals surface area (Å²) >= 11 is 1.37. The summed E-state index contributed by atoms with van der Waals surface area (Å²) in [5, 5.41) is 1.92. The van der Waals surface area contributed by atoms with Gasteiger partial charge in [0.05, 0.1) is 11.2 Å². The molecule has 0 aliphatic rings. The summed E-state index contributed by atoms with van der Waals surface area (Å²) in [4.78, 5) is 28.9. The molecule has 0 fully saturated rings. The topological polar surface area (TPSA) is 76.5 Å². The van der Waals surface area contributed by atoms with Crippen LogP contribution in [0.1, 0.15) is 0 Å². The molecule has 4 aromatic heterocycles. The fourth-order valence-corrected chi connectivity index (χ4v) is 3.83. The van der Waals surface area contributed by atoms with Crippen molar-refractivity contribution in [2.45, 2.75) is 0 Å². The van der Waals surface area contributed by atoms with Crippen LogP contribution in [0.5, 0.6) is 0 Å². The highest BCUT2D eigenvalue weighted by molar-refractivity contribution is 7.17. The Kier molecular flexibility index (Phi) is 3.65. The third-order valence-electron chi connectivity index (χ3n) is 4.25. The summed E-state index contributed by atoms with van der Waals surface area (Å²) in [6, 6.07) is 15.6. The fraction of sp³-hybridized carbons (Fsp3) is 0. The molecule has 0 saturated heterocycles. The van der Waals surface area contributed by atoms with E-state index in [1.807, 2.05) is 64.7 Å². The highest BCUT2D eigenvalue weighted by atomic mass is 32.1. The number of pyridine rings is 1. The van der Waals surface area contributed by atoms with Gasteiger partial charge >= 0.3 is 0 Å². The molecule has 0 unspecified atom stereocenters. The lowest BCUT2D eigenvalue weighted by Gasteiger charge is -2.01. The third kappa shape index (κ3) is 2.74. The van der Waals surface area contributed by atoms with Gasteiger partial charge in [0, 0.05) is 29.0 Å². The minimum Gasteiger partial charge on any atom is -0.306 e. The van der Waals surface area contributed by atoms with Crippen molar-refractivity contribution >= 4 is 21.6 Å². The van der Waals surface area contributed by atoms with E-state index in [9.17, 15) is 4.79 Å². The molecular formula is C20H13N5OS. The van der Waals surface area contributed by atoms with Gasteiger partial charge < -0.3 is 9.55 Å². The van der Waals surface area contributed by atoms with Crippen LogP contribution < -0.4 is 5.56 Å². The predicted molar refractivity (Wildman–Crippen MR) is 106 cm³/mol. The van der Waals surface area contributed by atoms with E-state index in [4.69, 9.17) is 0 Å². The molecule has 4 heterocycles. The molecule has 0 radical (unpaired) electrons. The average Bonchev–Trinajstić information content (AvgIpc) is 3.37. The molecule has 0 bridgehead atoms. The van der Waals surface area contributed by atoms with Crippen LogP contribution in [0.4, 0.5) is 0 Å². The van der Waals surface area contributed by atoms with Gasteiger partial charge in [-0.05, 0) is 24.3 Å². The molecule has 0 saturated carbocycles. The minimum atomic E-state index is -0.170. The van der Waals surface area contributed by atoms with Crippen molar-refractivity contribution in [3.8, 4) is 28.5 Å². The lowest BCUT2D eigenvalue weighted by molar-refractivity contribution is 1.06. The summed E-state index contributed by atoms with van der Waals surface area (Å²) in [7, 11) is 0. The van der Waals surface area contributed by atoms with Crippen molar-refractivity contribution in [3.05, 3.63) is 83.0 Å². The monoisotopic (exact) mass is 371 g/mol. The Labute approximate surface area is 157 Å². The van der Waals surface area contributed by atoms with Gasteiger partial charge in [-0.25, -0.2) is 9.97 Å². The molecule has 0 atom stereocenters. The highest BCUT2D eigenvalue weighted by Gasteiger charge is 2.15. The molecule has 130 valence electrons. The number of hydrogen-bond donors (Lipinski definition) is 1. The number of thiophene rings is 1. The first-order valence-electron chi connectivity index (χ1n) is 8.32. The van der Waals surface area contributed by atoms with Crippen LogP contribution >= 0.6 is 11.3 Å². The summed E-state index contributed by atoms with van der Waals surface area (Å²) < 4.78 is 2.48. The molecule has 27 heavy (non-hydrogen) atoms. The van der Waals surface area contributed by atoms with Crippen molar-refractivity contribution in [2.24, 2.45) is 0 Å². The summed E-state index contributed by atoms with van der Waals surface area (Å²) in [5.41, 5.74) is 3.72. The second-order valence-corrected chi connectivity index (χ2v) is 6.84. The number of nitrogens with zero attached hydrogens (tertiary/aromatic N) is 4. The van der Waals surface area contributed by atoms with Crippen LogP contribution in [-0.2, 0) is 0 Å². The molecule has 6 nitrogen and oxygen atoms in total. The van der Waals surface area contributed by atoms with Gasteiger partial charge in [-0.1, -0.05) is 24.3 Å². The molecule has 0 amide bonds. The lowest BCUT2D eigenvalue weighted by Crippen LogP contribution is -2.08. The van der Waals surface area contributed by atoms with Crippen LogP contribution in [0.25, 0.3) is 38.7 Å². The zero-order chi connectivity index (χ0) is 18.2. The number of aromatic amines is 1. The van der Waals surface area contributed by atoms with Crippen molar-refractivity contribution in [2.75, 3.05) is 0 Å². The second-order valence-electron chi connectivity index (χ2n) is 5.96. The zero-order valence-corrected chi connectivity index (χ0v) is 14.9. The maximum atomic E-state index is 12.6. The number of imidazole rings is 1. The van der Waals surface area contributed by atoms with Gasteiger partial charge in [0.2, 0.25) is 0 Å². The Morgan fingerprint density at radius 1 is 0.963 bits per heavy atom. The molecule has 7 heteroatoms. The molecule has 0 aliphatic heterocycles. The number of H-pyrrole nitrogens is 1. The number of nitrogens with one attached hydrogen (secondary N) is 1.